The lowest BCUT2D eigenvalue weighted by molar-refractivity contribution is -0.142. The van der Waals surface area contributed by atoms with Crippen molar-refractivity contribution in [1.82, 2.24) is 14.7 Å². The van der Waals surface area contributed by atoms with E-state index in [1.165, 1.54) is 0 Å². The second-order valence-electron chi connectivity index (χ2n) is 8.75. The molecule has 4 aliphatic heterocycles. The van der Waals surface area contributed by atoms with Crippen LogP contribution in [-0.4, -0.2) is 101 Å². The number of primary amides is 1. The van der Waals surface area contributed by atoms with Crippen molar-refractivity contribution in [1.29, 1.82) is 0 Å². The summed E-state index contributed by atoms with van der Waals surface area (Å²) >= 11 is 0. The first kappa shape index (κ1) is 20.1. The number of nitrogens with zero attached hydrogens (tertiary/aromatic N) is 3. The molecule has 4 fully saturated rings. The number of fused-ring (bicyclic) bond motifs is 2. The lowest BCUT2D eigenvalue weighted by Crippen LogP contribution is -2.60. The number of piperidine rings is 1. The van der Waals surface area contributed by atoms with Gasteiger partial charge in [-0.2, -0.15) is 0 Å². The van der Waals surface area contributed by atoms with E-state index in [4.69, 9.17) is 10.5 Å². The van der Waals surface area contributed by atoms with Crippen molar-refractivity contribution in [2.45, 2.75) is 62.3 Å². The van der Waals surface area contributed by atoms with Crippen molar-refractivity contribution in [2.24, 2.45) is 5.73 Å². The minimum atomic E-state index is -0.601. The zero-order chi connectivity index (χ0) is 19.7. The van der Waals surface area contributed by atoms with E-state index in [2.05, 4.69) is 16.2 Å². The minimum Gasteiger partial charge on any atom is -0.390 e. The predicted octanol–water partition coefficient (Wildman–Crippen LogP) is -0.643. The van der Waals surface area contributed by atoms with Crippen molar-refractivity contribution >= 4 is 11.8 Å². The molecule has 0 saturated carbocycles. The van der Waals surface area contributed by atoms with Crippen molar-refractivity contribution in [2.75, 3.05) is 45.9 Å². The summed E-state index contributed by atoms with van der Waals surface area (Å²) in [6.07, 6.45) is 6.59. The zero-order valence-corrected chi connectivity index (χ0v) is 16.6. The SMILES string of the molecule is NC(=O)[C@]12C[CH]C[C@H](CC1)N2C[C@H](O)CN1CCN(C(=O)[C@@H]2CCCO2)CC1. The summed E-state index contributed by atoms with van der Waals surface area (Å²) in [6.45, 7) is 4.60. The molecule has 0 aromatic carbocycles. The van der Waals surface area contributed by atoms with Gasteiger partial charge < -0.3 is 20.5 Å². The maximum atomic E-state index is 12.4. The number of nitrogens with two attached hydrogens (primary N) is 1. The average molecular weight is 394 g/mol. The Balaban J connectivity index is 1.26. The topological polar surface area (TPSA) is 99.3 Å². The molecule has 4 heterocycles. The van der Waals surface area contributed by atoms with Gasteiger partial charge in [0.15, 0.2) is 0 Å². The van der Waals surface area contributed by atoms with Crippen LogP contribution in [0.3, 0.4) is 0 Å². The first-order valence-electron chi connectivity index (χ1n) is 10.7. The van der Waals surface area contributed by atoms with Gasteiger partial charge in [0.1, 0.15) is 11.6 Å². The first-order valence-corrected chi connectivity index (χ1v) is 10.7. The third-order valence-electron chi connectivity index (χ3n) is 7.03. The number of β-amino-alcohol motifs (C(OH)–C–C–N with tert-alkyl or cyclic N) is 1. The molecule has 0 aliphatic carbocycles. The predicted molar refractivity (Wildman–Crippen MR) is 103 cm³/mol. The molecule has 4 rings (SSSR count). The lowest BCUT2D eigenvalue weighted by Gasteiger charge is -2.44. The highest BCUT2D eigenvalue weighted by Gasteiger charge is 2.53. The smallest absolute Gasteiger partial charge is 0.251 e. The number of carbonyl (C=O) groups excluding carboxylic acids is 2. The highest BCUT2D eigenvalue weighted by molar-refractivity contribution is 5.85. The van der Waals surface area contributed by atoms with Crippen LogP contribution >= 0.6 is 0 Å². The number of hydrogen-bond acceptors (Lipinski definition) is 6. The number of piperazine rings is 1. The van der Waals surface area contributed by atoms with Gasteiger partial charge in [-0.1, -0.05) is 0 Å². The molecular formula is C20H33N4O4. The summed E-state index contributed by atoms with van der Waals surface area (Å²) in [4.78, 5) is 30.9. The Morgan fingerprint density at radius 1 is 1.21 bits per heavy atom. The number of ether oxygens (including phenoxy) is 1. The van der Waals surface area contributed by atoms with E-state index in [1.807, 2.05) is 4.90 Å². The molecule has 2 bridgehead atoms. The average Bonchev–Trinajstić information content (AvgIpc) is 3.27. The maximum absolute atomic E-state index is 12.4. The standard InChI is InChI=1S/C20H33N4O4/c21-19(27)20-6-1-3-15(5-7-20)24(20)14-16(25)13-22-8-10-23(11-9-22)18(26)17-4-2-12-28-17/h1,15-17,25H,2-14H2,(H2,21,27)/t15-,16-,17+,20+/m1/s1. The quantitative estimate of drug-likeness (QED) is 0.623. The molecule has 2 amide bonds. The Bertz CT molecular complexity index is 585. The monoisotopic (exact) mass is 393 g/mol. The summed E-state index contributed by atoms with van der Waals surface area (Å²) in [5.74, 6) is -0.151. The van der Waals surface area contributed by atoms with Crippen LogP contribution in [0, 0.1) is 6.42 Å². The molecule has 1 radical (unpaired) electrons. The first-order chi connectivity index (χ1) is 13.5. The molecule has 0 aromatic heterocycles. The molecule has 157 valence electrons. The molecule has 0 spiro atoms. The fourth-order valence-corrected chi connectivity index (χ4v) is 5.43. The molecule has 4 aliphatic rings. The van der Waals surface area contributed by atoms with Crippen LogP contribution in [0.25, 0.3) is 0 Å². The molecular weight excluding hydrogens is 360 g/mol. The largest absolute Gasteiger partial charge is 0.390 e. The number of aliphatic hydroxyl groups is 1. The van der Waals surface area contributed by atoms with Crippen LogP contribution in [0.5, 0.6) is 0 Å². The van der Waals surface area contributed by atoms with E-state index in [-0.39, 0.29) is 17.9 Å². The fourth-order valence-electron chi connectivity index (χ4n) is 5.43. The van der Waals surface area contributed by atoms with Crippen LogP contribution in [0.1, 0.15) is 38.5 Å². The Hall–Kier alpha value is -1.22. The molecule has 28 heavy (non-hydrogen) atoms. The minimum absolute atomic E-state index is 0.113. The van der Waals surface area contributed by atoms with Gasteiger partial charge in [0.25, 0.3) is 5.91 Å². The van der Waals surface area contributed by atoms with Gasteiger partial charge in [0.2, 0.25) is 5.91 Å². The number of amides is 2. The second-order valence-corrected chi connectivity index (χ2v) is 8.75. The van der Waals surface area contributed by atoms with Crippen LogP contribution in [0.15, 0.2) is 0 Å². The molecule has 4 atom stereocenters. The zero-order valence-electron chi connectivity index (χ0n) is 16.6. The second kappa shape index (κ2) is 8.26. The van der Waals surface area contributed by atoms with Crippen molar-refractivity contribution < 1.29 is 19.4 Å². The van der Waals surface area contributed by atoms with Crippen LogP contribution in [-0.2, 0) is 14.3 Å². The van der Waals surface area contributed by atoms with E-state index in [1.54, 1.807) is 0 Å². The summed E-state index contributed by atoms with van der Waals surface area (Å²) < 4.78 is 5.51. The summed E-state index contributed by atoms with van der Waals surface area (Å²) in [5, 5.41) is 10.7. The molecule has 4 saturated heterocycles. The third-order valence-corrected chi connectivity index (χ3v) is 7.03. The Morgan fingerprint density at radius 2 is 2.00 bits per heavy atom. The van der Waals surface area contributed by atoms with Gasteiger partial charge in [-0.05, 0) is 44.9 Å². The molecule has 0 aromatic rings. The van der Waals surface area contributed by atoms with Crippen molar-refractivity contribution in [3.63, 3.8) is 0 Å². The molecule has 8 nitrogen and oxygen atoms in total. The van der Waals surface area contributed by atoms with E-state index in [9.17, 15) is 14.7 Å². The van der Waals surface area contributed by atoms with Crippen LogP contribution in [0.2, 0.25) is 0 Å². The van der Waals surface area contributed by atoms with Crippen molar-refractivity contribution in [3.8, 4) is 0 Å². The van der Waals surface area contributed by atoms with Crippen LogP contribution < -0.4 is 5.73 Å². The van der Waals surface area contributed by atoms with Gasteiger partial charge in [0.05, 0.1) is 6.10 Å². The maximum Gasteiger partial charge on any atom is 0.251 e. The fraction of sp³-hybridized carbons (Fsp3) is 0.850. The van der Waals surface area contributed by atoms with Gasteiger partial charge in [0, 0.05) is 51.9 Å². The van der Waals surface area contributed by atoms with Gasteiger partial charge >= 0.3 is 0 Å². The normalized spacial score (nSPS) is 35.2. The Labute approximate surface area is 167 Å². The summed E-state index contributed by atoms with van der Waals surface area (Å²) in [5.41, 5.74) is 5.14. The van der Waals surface area contributed by atoms with E-state index in [0.29, 0.717) is 45.2 Å². The van der Waals surface area contributed by atoms with E-state index >= 15 is 0 Å². The van der Waals surface area contributed by atoms with Gasteiger partial charge in [-0.25, -0.2) is 0 Å². The third kappa shape index (κ3) is 3.79. The summed E-state index contributed by atoms with van der Waals surface area (Å²) in [7, 11) is 0. The Morgan fingerprint density at radius 3 is 2.68 bits per heavy atom. The number of hydrogen-bond donors (Lipinski definition) is 2. The molecule has 3 N–H and O–H groups in total. The number of rotatable bonds is 6. The van der Waals surface area contributed by atoms with Gasteiger partial charge in [-0.3, -0.25) is 19.4 Å². The summed E-state index contributed by atoms with van der Waals surface area (Å²) in [6, 6.07) is 0.316. The highest BCUT2D eigenvalue weighted by Crippen LogP contribution is 2.43. The van der Waals surface area contributed by atoms with Crippen LogP contribution in [0.4, 0.5) is 0 Å². The Kier molecular flexibility index (Phi) is 5.92. The number of carbonyl (C=O) groups is 2. The van der Waals surface area contributed by atoms with E-state index < -0.39 is 11.6 Å². The van der Waals surface area contributed by atoms with Gasteiger partial charge in [-0.15, -0.1) is 0 Å². The van der Waals surface area contributed by atoms with Crippen molar-refractivity contribution in [3.05, 3.63) is 6.42 Å². The lowest BCUT2D eigenvalue weighted by atomic mass is 9.87. The molecule has 8 heteroatoms. The number of aliphatic hydroxyl groups excluding tert-OH is 1. The highest BCUT2D eigenvalue weighted by atomic mass is 16.5. The van der Waals surface area contributed by atoms with E-state index in [0.717, 1.165) is 45.2 Å². The molecule has 0 unspecified atom stereocenters.